The van der Waals surface area contributed by atoms with Gasteiger partial charge in [-0.15, -0.1) is 11.3 Å². The molecular weight excluding hydrogens is 464 g/mol. The Balaban J connectivity index is 1.40. The summed E-state index contributed by atoms with van der Waals surface area (Å²) >= 11 is 1.54. The standard InChI is InChI=1S/C22H28N4O5S2/c1-15-20(19(31-24-15)5-4-18-3-2-14-32-18)33(29,30)26-12-8-17(9-13-26)22(28)25-10-6-16(7-11-25)21(23)27/h2-5,14,16-17H,6-13H2,1H3,(H2,23,27)/b5-4+. The molecule has 2 saturated heterocycles. The average molecular weight is 493 g/mol. The molecule has 9 nitrogen and oxygen atoms in total. The summed E-state index contributed by atoms with van der Waals surface area (Å²) in [6.45, 7) is 3.17. The summed E-state index contributed by atoms with van der Waals surface area (Å²) in [5, 5.41) is 5.82. The number of nitrogens with zero attached hydrogens (tertiary/aromatic N) is 3. The number of amides is 2. The number of carbonyl (C=O) groups is 2. The number of sulfonamides is 1. The van der Waals surface area contributed by atoms with E-state index in [1.807, 2.05) is 17.5 Å². The first-order valence-corrected chi connectivity index (χ1v) is 13.4. The van der Waals surface area contributed by atoms with E-state index in [2.05, 4.69) is 5.16 Å². The van der Waals surface area contributed by atoms with Crippen LogP contribution in [-0.2, 0) is 19.6 Å². The summed E-state index contributed by atoms with van der Waals surface area (Å²) in [6, 6.07) is 3.84. The quantitative estimate of drug-likeness (QED) is 0.659. The molecule has 0 spiro atoms. The Morgan fingerprint density at radius 3 is 2.39 bits per heavy atom. The predicted octanol–water partition coefficient (Wildman–Crippen LogP) is 2.34. The summed E-state index contributed by atoms with van der Waals surface area (Å²) in [4.78, 5) is 27.1. The molecule has 4 rings (SSSR count). The summed E-state index contributed by atoms with van der Waals surface area (Å²) in [7, 11) is -3.81. The molecule has 2 amide bonds. The molecule has 2 aliphatic rings. The lowest BCUT2D eigenvalue weighted by Gasteiger charge is -2.36. The van der Waals surface area contributed by atoms with Crippen molar-refractivity contribution in [1.82, 2.24) is 14.4 Å². The summed E-state index contributed by atoms with van der Waals surface area (Å²) in [6.07, 6.45) is 5.52. The van der Waals surface area contributed by atoms with Crippen molar-refractivity contribution in [2.45, 2.75) is 37.5 Å². The van der Waals surface area contributed by atoms with Crippen LogP contribution in [0.2, 0.25) is 0 Å². The number of aromatic nitrogens is 1. The molecule has 2 aromatic heterocycles. The van der Waals surface area contributed by atoms with Gasteiger partial charge in [-0.25, -0.2) is 8.42 Å². The molecule has 2 N–H and O–H groups in total. The van der Waals surface area contributed by atoms with Gasteiger partial charge in [0.2, 0.25) is 21.8 Å². The van der Waals surface area contributed by atoms with Crippen molar-refractivity contribution in [1.29, 1.82) is 0 Å². The fourth-order valence-corrected chi connectivity index (χ4v) is 6.80. The van der Waals surface area contributed by atoms with Crippen molar-refractivity contribution in [2.24, 2.45) is 17.6 Å². The zero-order valence-corrected chi connectivity index (χ0v) is 20.1. The molecule has 2 aromatic rings. The minimum atomic E-state index is -3.81. The number of thiophene rings is 1. The molecule has 0 atom stereocenters. The van der Waals surface area contributed by atoms with Crippen molar-refractivity contribution in [2.75, 3.05) is 26.2 Å². The van der Waals surface area contributed by atoms with E-state index in [1.54, 1.807) is 24.0 Å². The highest BCUT2D eigenvalue weighted by molar-refractivity contribution is 7.89. The Bertz CT molecular complexity index is 1120. The van der Waals surface area contributed by atoms with Gasteiger partial charge in [-0.2, -0.15) is 4.31 Å². The molecule has 11 heteroatoms. The highest BCUT2D eigenvalue weighted by Crippen LogP contribution is 2.30. The van der Waals surface area contributed by atoms with Crippen molar-refractivity contribution in [3.05, 3.63) is 33.8 Å². The van der Waals surface area contributed by atoms with Crippen LogP contribution in [-0.4, -0.2) is 60.8 Å². The first-order chi connectivity index (χ1) is 15.8. The maximum Gasteiger partial charge on any atom is 0.248 e. The van der Waals surface area contributed by atoms with Crippen LogP contribution >= 0.6 is 11.3 Å². The number of aryl methyl sites for hydroxylation is 1. The van der Waals surface area contributed by atoms with Crippen LogP contribution in [0.4, 0.5) is 0 Å². The second-order valence-electron chi connectivity index (χ2n) is 8.49. The summed E-state index contributed by atoms with van der Waals surface area (Å²) in [5.41, 5.74) is 5.69. The number of hydrogen-bond acceptors (Lipinski definition) is 7. The van der Waals surface area contributed by atoms with Crippen molar-refractivity contribution >= 4 is 45.3 Å². The van der Waals surface area contributed by atoms with E-state index in [0.29, 0.717) is 44.5 Å². The number of hydrogen-bond donors (Lipinski definition) is 1. The van der Waals surface area contributed by atoms with E-state index in [0.717, 1.165) is 4.88 Å². The van der Waals surface area contributed by atoms with E-state index in [9.17, 15) is 18.0 Å². The molecule has 2 aliphatic heterocycles. The first kappa shape index (κ1) is 23.7. The smallest absolute Gasteiger partial charge is 0.248 e. The maximum absolute atomic E-state index is 13.4. The third-order valence-electron chi connectivity index (χ3n) is 6.39. The minimum absolute atomic E-state index is 0.0377. The van der Waals surface area contributed by atoms with Crippen molar-refractivity contribution in [3.63, 3.8) is 0 Å². The molecule has 0 saturated carbocycles. The van der Waals surface area contributed by atoms with Gasteiger partial charge < -0.3 is 15.2 Å². The second kappa shape index (κ2) is 9.78. The van der Waals surface area contributed by atoms with Gasteiger partial charge in [0, 0.05) is 42.9 Å². The lowest BCUT2D eigenvalue weighted by Crippen LogP contribution is -2.47. The topological polar surface area (TPSA) is 127 Å². The van der Waals surface area contributed by atoms with Crippen LogP contribution in [0.15, 0.2) is 26.9 Å². The third-order valence-corrected chi connectivity index (χ3v) is 9.28. The largest absolute Gasteiger partial charge is 0.369 e. The number of likely N-dealkylation sites (tertiary alicyclic amines) is 1. The number of rotatable bonds is 6. The van der Waals surface area contributed by atoms with Crippen LogP contribution in [0, 0.1) is 18.8 Å². The monoisotopic (exact) mass is 492 g/mol. The molecule has 0 aromatic carbocycles. The van der Waals surface area contributed by atoms with Crippen LogP contribution in [0.5, 0.6) is 0 Å². The molecule has 0 unspecified atom stereocenters. The highest BCUT2D eigenvalue weighted by atomic mass is 32.2. The Morgan fingerprint density at radius 1 is 1.12 bits per heavy atom. The summed E-state index contributed by atoms with van der Waals surface area (Å²) in [5.74, 6) is -0.458. The van der Waals surface area contributed by atoms with Crippen LogP contribution in [0.1, 0.15) is 42.0 Å². The summed E-state index contributed by atoms with van der Waals surface area (Å²) < 4.78 is 33.5. The Labute approximate surface area is 197 Å². The third kappa shape index (κ3) is 5.04. The van der Waals surface area contributed by atoms with Crippen LogP contribution < -0.4 is 5.73 Å². The SMILES string of the molecule is Cc1noc(/C=C/c2cccs2)c1S(=O)(=O)N1CCC(C(=O)N2CCC(C(N)=O)CC2)CC1. The van der Waals surface area contributed by atoms with E-state index >= 15 is 0 Å². The zero-order valence-electron chi connectivity index (χ0n) is 18.5. The van der Waals surface area contributed by atoms with Gasteiger partial charge in [-0.3, -0.25) is 9.59 Å². The Hall–Kier alpha value is -2.50. The van der Waals surface area contributed by atoms with Gasteiger partial charge in [0.25, 0.3) is 0 Å². The van der Waals surface area contributed by atoms with Gasteiger partial charge in [-0.1, -0.05) is 11.2 Å². The predicted molar refractivity (Wildman–Crippen MR) is 124 cm³/mol. The second-order valence-corrected chi connectivity index (χ2v) is 11.3. The molecular formula is C22H28N4O5S2. The van der Waals surface area contributed by atoms with Crippen LogP contribution in [0.3, 0.4) is 0 Å². The van der Waals surface area contributed by atoms with Gasteiger partial charge in [0.1, 0.15) is 5.69 Å². The Kier molecular flexibility index (Phi) is 7.01. The zero-order chi connectivity index (χ0) is 23.6. The van der Waals surface area contributed by atoms with E-state index in [4.69, 9.17) is 10.3 Å². The molecule has 4 heterocycles. The molecule has 2 fully saturated rings. The van der Waals surface area contributed by atoms with Crippen LogP contribution in [0.25, 0.3) is 12.2 Å². The van der Waals surface area contributed by atoms with E-state index < -0.39 is 10.0 Å². The molecule has 33 heavy (non-hydrogen) atoms. The van der Waals surface area contributed by atoms with E-state index in [-0.39, 0.29) is 47.4 Å². The molecule has 0 radical (unpaired) electrons. The van der Waals surface area contributed by atoms with E-state index in [1.165, 1.54) is 15.6 Å². The lowest BCUT2D eigenvalue weighted by atomic mass is 9.92. The average Bonchev–Trinajstić information content (AvgIpc) is 3.47. The highest BCUT2D eigenvalue weighted by Gasteiger charge is 2.37. The van der Waals surface area contributed by atoms with Crippen molar-refractivity contribution in [3.8, 4) is 0 Å². The maximum atomic E-state index is 13.4. The fraction of sp³-hybridized carbons (Fsp3) is 0.500. The minimum Gasteiger partial charge on any atom is -0.369 e. The van der Waals surface area contributed by atoms with Gasteiger partial charge >= 0.3 is 0 Å². The molecule has 178 valence electrons. The van der Waals surface area contributed by atoms with Crippen molar-refractivity contribution < 1.29 is 22.5 Å². The van der Waals surface area contributed by atoms with Gasteiger partial charge in [0.05, 0.1) is 0 Å². The number of carbonyl (C=O) groups excluding carboxylic acids is 2. The number of nitrogens with two attached hydrogens (primary N) is 1. The number of piperidine rings is 2. The fourth-order valence-electron chi connectivity index (χ4n) is 4.46. The first-order valence-electron chi connectivity index (χ1n) is 11.0. The lowest BCUT2D eigenvalue weighted by molar-refractivity contribution is -0.139. The molecule has 0 aliphatic carbocycles. The normalized spacial score (nSPS) is 19.4. The van der Waals surface area contributed by atoms with Gasteiger partial charge in [0.15, 0.2) is 10.7 Å². The van der Waals surface area contributed by atoms with Gasteiger partial charge in [-0.05, 0) is 56.2 Å². The number of primary amides is 1. The molecule has 0 bridgehead atoms. The Morgan fingerprint density at radius 2 is 1.79 bits per heavy atom.